The molecule has 2 nitrogen and oxygen atoms in total. The monoisotopic (exact) mass is 186 g/mol. The van der Waals surface area contributed by atoms with Crippen LogP contribution in [0.4, 0.5) is 0 Å². The molecule has 3 rings (SSSR count). The number of pyridine rings is 1. The first-order valence-corrected chi connectivity index (χ1v) is 5.19. The Bertz CT molecular complexity index is 395. The van der Waals surface area contributed by atoms with Gasteiger partial charge in [-0.3, -0.25) is 4.98 Å². The summed E-state index contributed by atoms with van der Waals surface area (Å²) >= 11 is 0. The van der Waals surface area contributed by atoms with E-state index >= 15 is 0 Å². The lowest BCUT2D eigenvalue weighted by molar-refractivity contribution is 0.306. The van der Waals surface area contributed by atoms with Crippen molar-refractivity contribution in [1.29, 1.82) is 0 Å². The van der Waals surface area contributed by atoms with E-state index in [0.29, 0.717) is 6.04 Å². The molecule has 72 valence electrons. The number of nitrogens with one attached hydrogen (secondary N) is 1. The van der Waals surface area contributed by atoms with Crippen molar-refractivity contribution in [3.05, 3.63) is 35.7 Å². The maximum Gasteiger partial charge on any atom is 0.0343 e. The normalized spacial score (nSPS) is 29.4. The molecular formula is C12H14N2. The van der Waals surface area contributed by atoms with Gasteiger partial charge in [-0.25, -0.2) is 0 Å². The Hall–Kier alpha value is -1.15. The van der Waals surface area contributed by atoms with Gasteiger partial charge in [0.1, 0.15) is 0 Å². The second kappa shape index (κ2) is 2.92. The van der Waals surface area contributed by atoms with Crippen LogP contribution in [-0.2, 0) is 0 Å². The van der Waals surface area contributed by atoms with Crippen molar-refractivity contribution in [2.45, 2.75) is 19.4 Å². The summed E-state index contributed by atoms with van der Waals surface area (Å²) in [4.78, 5) is 4.24. The number of aryl methyl sites for hydroxylation is 1. The average molecular weight is 186 g/mol. The van der Waals surface area contributed by atoms with Gasteiger partial charge in [0, 0.05) is 30.9 Å². The third kappa shape index (κ3) is 1.18. The Morgan fingerprint density at radius 1 is 1.43 bits per heavy atom. The molecule has 0 bridgehead atoms. The Labute approximate surface area is 84.1 Å². The van der Waals surface area contributed by atoms with Crippen molar-refractivity contribution >= 4 is 5.57 Å². The third-order valence-electron chi connectivity index (χ3n) is 3.23. The summed E-state index contributed by atoms with van der Waals surface area (Å²) in [5, 5.41) is 3.45. The molecule has 14 heavy (non-hydrogen) atoms. The predicted octanol–water partition coefficient (Wildman–Crippen LogP) is 1.77. The van der Waals surface area contributed by atoms with Crippen molar-refractivity contribution < 1.29 is 0 Å². The second-order valence-electron chi connectivity index (χ2n) is 4.33. The molecule has 2 heteroatoms. The van der Waals surface area contributed by atoms with Crippen LogP contribution in [0.1, 0.15) is 17.5 Å². The van der Waals surface area contributed by atoms with Gasteiger partial charge in [0.15, 0.2) is 0 Å². The maximum absolute atomic E-state index is 4.24. The molecule has 2 atom stereocenters. The summed E-state index contributed by atoms with van der Waals surface area (Å²) in [6.45, 7) is 3.26. The number of nitrogens with zero attached hydrogens (tertiary/aromatic N) is 1. The molecule has 1 aliphatic carbocycles. The first-order chi connectivity index (χ1) is 6.83. The molecule has 1 fully saturated rings. The van der Waals surface area contributed by atoms with Gasteiger partial charge in [0.2, 0.25) is 0 Å². The fourth-order valence-corrected chi connectivity index (χ4v) is 2.33. The Morgan fingerprint density at radius 3 is 2.93 bits per heavy atom. The molecule has 0 radical (unpaired) electrons. The van der Waals surface area contributed by atoms with Crippen molar-refractivity contribution in [3.8, 4) is 0 Å². The minimum Gasteiger partial charge on any atom is -0.312 e. The summed E-state index contributed by atoms with van der Waals surface area (Å²) in [5.41, 5.74) is 4.03. The van der Waals surface area contributed by atoms with Gasteiger partial charge < -0.3 is 5.32 Å². The van der Waals surface area contributed by atoms with Crippen LogP contribution < -0.4 is 5.32 Å². The highest BCUT2D eigenvalue weighted by Gasteiger charge is 2.34. The van der Waals surface area contributed by atoms with E-state index in [0.717, 1.165) is 12.5 Å². The molecule has 0 aromatic carbocycles. The van der Waals surface area contributed by atoms with Crippen LogP contribution in [0.25, 0.3) is 5.57 Å². The number of aromatic nitrogens is 1. The lowest BCUT2D eigenvalue weighted by Crippen LogP contribution is -2.49. The van der Waals surface area contributed by atoms with Gasteiger partial charge in [0.25, 0.3) is 0 Å². The zero-order valence-electron chi connectivity index (χ0n) is 8.33. The summed E-state index contributed by atoms with van der Waals surface area (Å²) in [5.74, 6) is 0.783. The summed E-state index contributed by atoms with van der Waals surface area (Å²) in [7, 11) is 0. The minimum absolute atomic E-state index is 0.713. The van der Waals surface area contributed by atoms with Gasteiger partial charge in [-0.05, 0) is 36.1 Å². The van der Waals surface area contributed by atoms with Crippen molar-refractivity contribution in [1.82, 2.24) is 10.3 Å². The highest BCUT2D eigenvalue weighted by Crippen LogP contribution is 2.35. The molecule has 1 N–H and O–H groups in total. The fourth-order valence-electron chi connectivity index (χ4n) is 2.33. The summed E-state index contributed by atoms with van der Waals surface area (Å²) < 4.78 is 0. The molecule has 2 aliphatic rings. The maximum atomic E-state index is 4.24. The zero-order chi connectivity index (χ0) is 9.54. The molecule has 2 heterocycles. The molecule has 0 saturated carbocycles. The van der Waals surface area contributed by atoms with Crippen LogP contribution in [-0.4, -0.2) is 17.6 Å². The van der Waals surface area contributed by atoms with Crippen LogP contribution in [0.3, 0.4) is 0 Å². The molecule has 0 spiro atoms. The first kappa shape index (κ1) is 8.18. The number of fused-ring (bicyclic) bond motifs is 1. The lowest BCUT2D eigenvalue weighted by atomic mass is 9.95. The van der Waals surface area contributed by atoms with E-state index in [-0.39, 0.29) is 0 Å². The topological polar surface area (TPSA) is 24.9 Å². The van der Waals surface area contributed by atoms with E-state index in [9.17, 15) is 0 Å². The Kier molecular flexibility index (Phi) is 1.71. The highest BCUT2D eigenvalue weighted by molar-refractivity contribution is 5.69. The second-order valence-corrected chi connectivity index (χ2v) is 4.33. The molecule has 1 aliphatic heterocycles. The van der Waals surface area contributed by atoms with Gasteiger partial charge in [-0.2, -0.15) is 0 Å². The highest BCUT2D eigenvalue weighted by atomic mass is 15.0. The molecule has 1 aromatic heterocycles. The molecule has 1 aromatic rings. The van der Waals surface area contributed by atoms with Gasteiger partial charge in [0.05, 0.1) is 0 Å². The average Bonchev–Trinajstić information content (AvgIpc) is 2.43. The molecule has 0 unspecified atom stereocenters. The molecular weight excluding hydrogens is 172 g/mol. The van der Waals surface area contributed by atoms with E-state index < -0.39 is 0 Å². The minimum atomic E-state index is 0.713. The quantitative estimate of drug-likeness (QED) is 0.723. The SMILES string of the molecule is Cc1cncc(C2=C[C@@H]3CN[C@@H]3C2)c1. The van der Waals surface area contributed by atoms with Crippen LogP contribution in [0.15, 0.2) is 24.5 Å². The largest absolute Gasteiger partial charge is 0.312 e. The van der Waals surface area contributed by atoms with E-state index in [1.54, 1.807) is 0 Å². The van der Waals surface area contributed by atoms with Gasteiger partial charge in [-0.1, -0.05) is 6.08 Å². The molecule has 1 saturated heterocycles. The lowest BCUT2D eigenvalue weighted by Gasteiger charge is -2.31. The summed E-state index contributed by atoms with van der Waals surface area (Å²) in [6, 6.07) is 2.94. The van der Waals surface area contributed by atoms with E-state index in [2.05, 4.69) is 29.4 Å². The number of rotatable bonds is 1. The summed E-state index contributed by atoms with van der Waals surface area (Å²) in [6.07, 6.45) is 7.48. The van der Waals surface area contributed by atoms with Crippen LogP contribution in [0, 0.1) is 12.8 Å². The molecule has 0 amide bonds. The van der Waals surface area contributed by atoms with E-state index in [1.807, 2.05) is 12.4 Å². The Balaban J connectivity index is 1.92. The van der Waals surface area contributed by atoms with E-state index in [4.69, 9.17) is 0 Å². The van der Waals surface area contributed by atoms with Crippen LogP contribution in [0.5, 0.6) is 0 Å². The van der Waals surface area contributed by atoms with E-state index in [1.165, 1.54) is 23.1 Å². The van der Waals surface area contributed by atoms with Gasteiger partial charge >= 0.3 is 0 Å². The van der Waals surface area contributed by atoms with Crippen LogP contribution >= 0.6 is 0 Å². The predicted molar refractivity (Wildman–Crippen MR) is 56.8 cm³/mol. The van der Waals surface area contributed by atoms with Crippen molar-refractivity contribution in [2.75, 3.05) is 6.54 Å². The van der Waals surface area contributed by atoms with Crippen molar-refractivity contribution in [3.63, 3.8) is 0 Å². The standard InChI is InChI=1S/C12H14N2/c1-8-2-10(6-13-5-8)9-3-11-7-14-12(11)4-9/h2-3,5-6,11-12,14H,4,7H2,1H3/t11-,12-/m1/s1. The van der Waals surface area contributed by atoms with Gasteiger partial charge in [-0.15, -0.1) is 0 Å². The smallest absolute Gasteiger partial charge is 0.0343 e. The first-order valence-electron chi connectivity index (χ1n) is 5.19. The number of hydrogen-bond donors (Lipinski definition) is 1. The number of hydrogen-bond acceptors (Lipinski definition) is 2. The fraction of sp³-hybridized carbons (Fsp3) is 0.417. The third-order valence-corrected chi connectivity index (χ3v) is 3.23. The van der Waals surface area contributed by atoms with Crippen LogP contribution in [0.2, 0.25) is 0 Å². The Morgan fingerprint density at radius 2 is 2.36 bits per heavy atom. The zero-order valence-corrected chi connectivity index (χ0v) is 8.33. The van der Waals surface area contributed by atoms with Crippen molar-refractivity contribution in [2.24, 2.45) is 5.92 Å².